The van der Waals surface area contributed by atoms with Gasteiger partial charge in [-0.2, -0.15) is 0 Å². The van der Waals surface area contributed by atoms with E-state index < -0.39 is 0 Å². The van der Waals surface area contributed by atoms with E-state index in [1.54, 1.807) is 0 Å². The number of nitrogens with zero attached hydrogens (tertiary/aromatic N) is 1. The van der Waals surface area contributed by atoms with Crippen LogP contribution >= 0.6 is 29.8 Å². The molecule has 0 N–H and O–H groups in total. The largest absolute Gasteiger partial charge is 0.288 e. The zero-order chi connectivity index (χ0) is 4.28. The van der Waals surface area contributed by atoms with Crippen molar-refractivity contribution in [1.82, 2.24) is 4.67 Å². The van der Waals surface area contributed by atoms with Crippen LogP contribution in [0.15, 0.2) is 0 Å². The highest BCUT2D eigenvalue weighted by Gasteiger charge is 1.71. The lowest BCUT2D eigenvalue weighted by Gasteiger charge is -1.99. The van der Waals surface area contributed by atoms with Crippen molar-refractivity contribution in [2.45, 2.75) is 0 Å². The molecular weight excluding hydrogens is 135 g/mol. The van der Waals surface area contributed by atoms with Crippen LogP contribution in [0.1, 0.15) is 0 Å². The molecule has 0 aliphatic rings. The third kappa shape index (κ3) is 8.92. The molecule has 0 aromatic carbocycles. The molecule has 0 radical (unpaired) electrons. The van der Waals surface area contributed by atoms with Gasteiger partial charge in [-0.1, -0.05) is 8.93 Å². The first-order chi connectivity index (χ1) is 2.27. The Balaban J connectivity index is 0. The molecule has 6 heavy (non-hydrogen) atoms. The van der Waals surface area contributed by atoms with E-state index in [9.17, 15) is 0 Å². The minimum atomic E-state index is 0. The van der Waals surface area contributed by atoms with Crippen molar-refractivity contribution in [2.24, 2.45) is 0 Å². The maximum Gasteiger partial charge on any atom is -0.00966 e. The second kappa shape index (κ2) is 6.11. The molecule has 2 unspecified atom stereocenters. The summed E-state index contributed by atoms with van der Waals surface area (Å²) in [7, 11) is 7.61. The minimum Gasteiger partial charge on any atom is -0.288 e. The fourth-order valence-electron chi connectivity index (χ4n) is 0. The maximum atomic E-state index is 2.65. The standard InChI is InChI=1S/C2H9NP2.ClH/c1-3(2)5-4;/h5H,4H2,1-2H3;1H. The first-order valence-corrected chi connectivity index (χ1v) is 4.16. The second-order valence-electron chi connectivity index (χ2n) is 1.02. The summed E-state index contributed by atoms with van der Waals surface area (Å²) in [6.45, 7) is 0. The Morgan fingerprint density at radius 1 is 1.50 bits per heavy atom. The molecule has 4 heteroatoms. The molecule has 0 saturated heterocycles. The fourth-order valence-corrected chi connectivity index (χ4v) is 0. The lowest BCUT2D eigenvalue weighted by Crippen LogP contribution is -1.91. The molecule has 0 aliphatic heterocycles. The van der Waals surface area contributed by atoms with Gasteiger partial charge in [0.05, 0.1) is 0 Å². The van der Waals surface area contributed by atoms with Crippen molar-refractivity contribution in [3.05, 3.63) is 0 Å². The van der Waals surface area contributed by atoms with Gasteiger partial charge in [0.2, 0.25) is 0 Å². The van der Waals surface area contributed by atoms with E-state index in [1.165, 1.54) is 0 Å². The van der Waals surface area contributed by atoms with Crippen LogP contribution in [0.2, 0.25) is 0 Å². The zero-order valence-corrected chi connectivity index (χ0v) is 6.90. The van der Waals surface area contributed by atoms with Gasteiger partial charge >= 0.3 is 0 Å². The molecule has 0 bridgehead atoms. The predicted molar refractivity (Wildman–Crippen MR) is 39.0 cm³/mol. The summed E-state index contributed by atoms with van der Waals surface area (Å²) < 4.78 is 2.12. The summed E-state index contributed by atoms with van der Waals surface area (Å²) >= 11 is 0. The summed E-state index contributed by atoms with van der Waals surface area (Å²) in [5, 5.41) is 0. The molecule has 40 valence electrons. The normalized spacial score (nSPS) is 10.0. The summed E-state index contributed by atoms with van der Waals surface area (Å²) in [4.78, 5) is 0. The van der Waals surface area contributed by atoms with Crippen molar-refractivity contribution >= 4 is 29.8 Å². The lowest BCUT2D eigenvalue weighted by atomic mass is 11.3. The number of hydrogen-bond donors (Lipinski definition) is 0. The van der Waals surface area contributed by atoms with Gasteiger partial charge in [0, 0.05) is 0 Å². The summed E-state index contributed by atoms with van der Waals surface area (Å²) in [5.74, 6) is 0. The van der Waals surface area contributed by atoms with E-state index in [2.05, 4.69) is 13.6 Å². The zero-order valence-electron chi connectivity index (χ0n) is 3.93. The van der Waals surface area contributed by atoms with Gasteiger partial charge in [-0.15, -0.1) is 12.4 Å². The molecule has 0 saturated carbocycles. The second-order valence-corrected chi connectivity index (χ2v) is 2.95. The van der Waals surface area contributed by atoms with E-state index in [0.29, 0.717) is 0 Å². The van der Waals surface area contributed by atoms with Gasteiger partial charge < -0.3 is 0 Å². The maximum absolute atomic E-state index is 2.65. The monoisotopic (exact) mass is 145 g/mol. The van der Waals surface area contributed by atoms with Crippen LogP contribution in [0.4, 0.5) is 0 Å². The topological polar surface area (TPSA) is 3.24 Å². The van der Waals surface area contributed by atoms with Crippen molar-refractivity contribution in [1.29, 1.82) is 0 Å². The molecule has 2 atom stereocenters. The van der Waals surface area contributed by atoms with Gasteiger partial charge in [-0.25, -0.2) is 0 Å². The Bertz CT molecular complexity index is 25.5. The van der Waals surface area contributed by atoms with E-state index in [-0.39, 0.29) is 12.4 Å². The molecule has 0 aromatic heterocycles. The SMILES string of the molecule is CN(C)PP.Cl. The highest BCUT2D eigenvalue weighted by atomic mass is 35.5. The van der Waals surface area contributed by atoms with Crippen molar-refractivity contribution in [2.75, 3.05) is 14.1 Å². The number of hydrogen-bond acceptors (Lipinski definition) is 1. The van der Waals surface area contributed by atoms with Gasteiger partial charge in [0.1, 0.15) is 0 Å². The average molecular weight is 146 g/mol. The molecule has 0 rings (SSSR count). The lowest BCUT2D eigenvalue weighted by molar-refractivity contribution is 0.700. The Morgan fingerprint density at radius 2 is 1.67 bits per heavy atom. The van der Waals surface area contributed by atoms with Crippen molar-refractivity contribution in [3.63, 3.8) is 0 Å². The van der Waals surface area contributed by atoms with Crippen LogP contribution in [0.25, 0.3) is 0 Å². The molecule has 0 heterocycles. The molecule has 1 nitrogen and oxygen atoms in total. The summed E-state index contributed by atoms with van der Waals surface area (Å²) in [6, 6.07) is 0. The van der Waals surface area contributed by atoms with Gasteiger partial charge in [-0.05, 0) is 22.5 Å². The van der Waals surface area contributed by atoms with Crippen molar-refractivity contribution < 1.29 is 0 Å². The summed E-state index contributed by atoms with van der Waals surface area (Å²) in [6.07, 6.45) is 0. The fraction of sp³-hybridized carbons (Fsp3) is 1.00. The molecular formula is C2H10ClNP2. The Kier molecular flexibility index (Phi) is 10.4. The molecule has 0 fully saturated rings. The van der Waals surface area contributed by atoms with E-state index in [1.807, 2.05) is 14.1 Å². The quantitative estimate of drug-likeness (QED) is 0.504. The third-order valence-corrected chi connectivity index (χ3v) is 2.32. The van der Waals surface area contributed by atoms with Gasteiger partial charge in [0.25, 0.3) is 0 Å². The third-order valence-electron chi connectivity index (χ3n) is 0.258. The number of rotatable bonds is 1. The minimum absolute atomic E-state index is 0. The van der Waals surface area contributed by atoms with Gasteiger partial charge in [0.15, 0.2) is 0 Å². The average Bonchev–Trinajstić information content (AvgIpc) is 1.38. The first-order valence-electron chi connectivity index (χ1n) is 1.41. The predicted octanol–water partition coefficient (Wildman–Crippen LogP) is 1.35. The smallest absolute Gasteiger partial charge is 0.00966 e. The molecule has 0 aliphatic carbocycles. The highest BCUT2D eigenvalue weighted by Crippen LogP contribution is 2.20. The highest BCUT2D eigenvalue weighted by molar-refractivity contribution is 8.01. The van der Waals surface area contributed by atoms with Crippen LogP contribution in [0, 0.1) is 0 Å². The van der Waals surface area contributed by atoms with E-state index in [0.717, 1.165) is 8.42 Å². The van der Waals surface area contributed by atoms with Crippen LogP contribution in [0.3, 0.4) is 0 Å². The molecule has 0 spiro atoms. The van der Waals surface area contributed by atoms with Crippen molar-refractivity contribution in [3.8, 4) is 0 Å². The Hall–Kier alpha value is 1.11. The van der Waals surface area contributed by atoms with E-state index >= 15 is 0 Å². The first kappa shape index (κ1) is 10.2. The van der Waals surface area contributed by atoms with Crippen LogP contribution in [0.5, 0.6) is 0 Å². The van der Waals surface area contributed by atoms with Crippen LogP contribution < -0.4 is 0 Å². The molecule has 0 amide bonds. The van der Waals surface area contributed by atoms with Gasteiger partial charge in [-0.3, -0.25) is 4.67 Å². The van der Waals surface area contributed by atoms with E-state index in [4.69, 9.17) is 0 Å². The summed E-state index contributed by atoms with van der Waals surface area (Å²) in [5.41, 5.74) is 0. The number of halogens is 1. The Morgan fingerprint density at radius 3 is 1.67 bits per heavy atom. The Labute approximate surface area is 49.2 Å². The molecule has 0 aromatic rings. The van der Waals surface area contributed by atoms with Crippen LogP contribution in [-0.2, 0) is 0 Å². The van der Waals surface area contributed by atoms with Crippen LogP contribution in [-0.4, -0.2) is 18.8 Å².